The molecule has 0 aromatic heterocycles. The summed E-state index contributed by atoms with van der Waals surface area (Å²) in [5.74, 6) is 0. The van der Waals surface area contributed by atoms with Crippen LogP contribution in [0, 0.1) is 0 Å². The zero-order valence-corrected chi connectivity index (χ0v) is 10.7. The highest BCUT2D eigenvalue weighted by molar-refractivity contribution is 5.45. The minimum Gasteiger partial charge on any atom is -0.0991 e. The number of hydrogen-bond donors (Lipinski definition) is 0. The first-order valence-electron chi connectivity index (χ1n) is 5.76. The summed E-state index contributed by atoms with van der Waals surface area (Å²) >= 11 is 0. The van der Waals surface area contributed by atoms with Crippen LogP contribution in [-0.2, 0) is 0 Å². The minimum atomic E-state index is 1.17. The van der Waals surface area contributed by atoms with E-state index in [9.17, 15) is 0 Å². The van der Waals surface area contributed by atoms with Crippen LogP contribution in [0.3, 0.4) is 0 Å². The summed E-state index contributed by atoms with van der Waals surface area (Å²) in [5.41, 5.74) is 1.17. The Balaban J connectivity index is 0.000000257. The Kier molecular flexibility index (Phi) is 11.1. The van der Waals surface area contributed by atoms with E-state index in [2.05, 4.69) is 19.7 Å². The van der Waals surface area contributed by atoms with Crippen LogP contribution in [0.25, 0.3) is 6.08 Å². The SMILES string of the molecule is C=CC=C.C=Cc1ccccc1.c1ccccc1. The quantitative estimate of drug-likeness (QED) is 0.614. The van der Waals surface area contributed by atoms with Gasteiger partial charge >= 0.3 is 0 Å². The van der Waals surface area contributed by atoms with Crippen LogP contribution in [0.4, 0.5) is 0 Å². The zero-order chi connectivity index (χ0) is 13.5. The molecular formula is C18H20. The molecule has 2 rings (SSSR count). The van der Waals surface area contributed by atoms with Crippen molar-refractivity contribution in [2.45, 2.75) is 0 Å². The van der Waals surface area contributed by atoms with Gasteiger partial charge in [-0.25, -0.2) is 0 Å². The molecule has 0 aliphatic heterocycles. The van der Waals surface area contributed by atoms with Crippen molar-refractivity contribution in [2.75, 3.05) is 0 Å². The minimum absolute atomic E-state index is 1.17. The summed E-state index contributed by atoms with van der Waals surface area (Å²) in [5, 5.41) is 0. The summed E-state index contributed by atoms with van der Waals surface area (Å²) in [7, 11) is 0. The molecule has 0 heteroatoms. The lowest BCUT2D eigenvalue weighted by molar-refractivity contribution is 1.67. The van der Waals surface area contributed by atoms with E-state index in [1.54, 1.807) is 12.2 Å². The van der Waals surface area contributed by atoms with Crippen molar-refractivity contribution in [2.24, 2.45) is 0 Å². The molecule has 18 heavy (non-hydrogen) atoms. The average molecular weight is 236 g/mol. The van der Waals surface area contributed by atoms with Gasteiger partial charge in [-0.1, -0.05) is 105 Å². The summed E-state index contributed by atoms with van der Waals surface area (Å²) in [6, 6.07) is 22.0. The Bertz CT molecular complexity index is 380. The van der Waals surface area contributed by atoms with Gasteiger partial charge in [0.2, 0.25) is 0 Å². The maximum absolute atomic E-state index is 3.63. The summed E-state index contributed by atoms with van der Waals surface area (Å²) in [6.45, 7) is 10.4. The van der Waals surface area contributed by atoms with Gasteiger partial charge in [0.15, 0.2) is 0 Å². The molecule has 0 atom stereocenters. The first kappa shape index (κ1) is 15.7. The fraction of sp³-hybridized carbons (Fsp3) is 0. The van der Waals surface area contributed by atoms with E-state index in [4.69, 9.17) is 0 Å². The standard InChI is InChI=1S/C8H8.C6H6.C4H6/c1-2-8-6-4-3-5-7-8;1-2-4-6-5-3-1;1-3-4-2/h2-7H,1H2;1-6H;3-4H,1-2H2. The van der Waals surface area contributed by atoms with Gasteiger partial charge in [0, 0.05) is 0 Å². The molecule has 0 saturated heterocycles. The van der Waals surface area contributed by atoms with E-state index in [1.807, 2.05) is 72.8 Å². The number of benzene rings is 2. The van der Waals surface area contributed by atoms with Crippen molar-refractivity contribution in [3.63, 3.8) is 0 Å². The monoisotopic (exact) mass is 236 g/mol. The highest BCUT2D eigenvalue weighted by Gasteiger charge is 1.75. The van der Waals surface area contributed by atoms with E-state index in [0.717, 1.165) is 0 Å². The third-order valence-corrected chi connectivity index (χ3v) is 1.87. The zero-order valence-electron chi connectivity index (χ0n) is 10.7. The lowest BCUT2D eigenvalue weighted by atomic mass is 10.2. The van der Waals surface area contributed by atoms with Crippen LogP contribution >= 0.6 is 0 Å². The maximum atomic E-state index is 3.63. The fourth-order valence-corrected chi connectivity index (χ4v) is 0.974. The van der Waals surface area contributed by atoms with E-state index < -0.39 is 0 Å². The van der Waals surface area contributed by atoms with Crippen molar-refractivity contribution >= 4 is 6.08 Å². The Labute approximate surface area is 111 Å². The van der Waals surface area contributed by atoms with Crippen molar-refractivity contribution in [1.29, 1.82) is 0 Å². The van der Waals surface area contributed by atoms with Gasteiger partial charge in [-0.15, -0.1) is 0 Å². The van der Waals surface area contributed by atoms with Crippen molar-refractivity contribution in [3.8, 4) is 0 Å². The first-order valence-corrected chi connectivity index (χ1v) is 5.76. The summed E-state index contributed by atoms with van der Waals surface area (Å²) in [4.78, 5) is 0. The molecule has 92 valence electrons. The topological polar surface area (TPSA) is 0 Å². The summed E-state index contributed by atoms with van der Waals surface area (Å²) < 4.78 is 0. The Morgan fingerprint density at radius 3 is 1.11 bits per heavy atom. The lowest BCUT2D eigenvalue weighted by Crippen LogP contribution is -1.63. The van der Waals surface area contributed by atoms with Crippen molar-refractivity contribution in [3.05, 3.63) is 104 Å². The van der Waals surface area contributed by atoms with E-state index >= 15 is 0 Å². The molecule has 0 N–H and O–H groups in total. The Morgan fingerprint density at radius 1 is 0.556 bits per heavy atom. The molecule has 0 aliphatic carbocycles. The maximum Gasteiger partial charge on any atom is -0.0263 e. The van der Waals surface area contributed by atoms with Crippen LogP contribution in [0.5, 0.6) is 0 Å². The van der Waals surface area contributed by atoms with E-state index in [0.29, 0.717) is 0 Å². The van der Waals surface area contributed by atoms with Crippen LogP contribution in [-0.4, -0.2) is 0 Å². The molecule has 0 bridgehead atoms. The molecule has 0 unspecified atom stereocenters. The predicted octanol–water partition coefficient (Wildman–Crippen LogP) is 5.37. The van der Waals surface area contributed by atoms with Gasteiger partial charge in [0.05, 0.1) is 0 Å². The fourth-order valence-electron chi connectivity index (χ4n) is 0.974. The Morgan fingerprint density at radius 2 is 0.889 bits per heavy atom. The van der Waals surface area contributed by atoms with Crippen molar-refractivity contribution < 1.29 is 0 Å². The van der Waals surface area contributed by atoms with Gasteiger partial charge in [-0.2, -0.15) is 0 Å². The average Bonchev–Trinajstić information content (AvgIpc) is 2.51. The normalized spacial score (nSPS) is 7.56. The second-order valence-corrected chi connectivity index (χ2v) is 3.24. The molecule has 0 aliphatic rings. The molecule has 0 fully saturated rings. The number of rotatable bonds is 2. The van der Waals surface area contributed by atoms with Crippen LogP contribution in [0.1, 0.15) is 5.56 Å². The second kappa shape index (κ2) is 12.7. The summed E-state index contributed by atoms with van der Waals surface area (Å²) in [6.07, 6.45) is 5.11. The number of hydrogen-bond acceptors (Lipinski definition) is 0. The molecular weight excluding hydrogens is 216 g/mol. The molecule has 0 radical (unpaired) electrons. The van der Waals surface area contributed by atoms with E-state index in [1.165, 1.54) is 5.56 Å². The van der Waals surface area contributed by atoms with Gasteiger partial charge in [0.25, 0.3) is 0 Å². The molecule has 2 aromatic carbocycles. The van der Waals surface area contributed by atoms with Crippen LogP contribution < -0.4 is 0 Å². The molecule has 0 heterocycles. The van der Waals surface area contributed by atoms with Gasteiger partial charge in [-0.05, 0) is 5.56 Å². The first-order chi connectivity index (χ1) is 8.85. The molecule has 0 spiro atoms. The third kappa shape index (κ3) is 10.2. The third-order valence-electron chi connectivity index (χ3n) is 1.87. The Hall–Kier alpha value is -2.34. The van der Waals surface area contributed by atoms with Gasteiger partial charge in [0.1, 0.15) is 0 Å². The van der Waals surface area contributed by atoms with Gasteiger partial charge < -0.3 is 0 Å². The van der Waals surface area contributed by atoms with Gasteiger partial charge in [-0.3, -0.25) is 0 Å². The highest BCUT2D eigenvalue weighted by atomic mass is 13.8. The largest absolute Gasteiger partial charge is 0.0991 e. The van der Waals surface area contributed by atoms with Crippen LogP contribution in [0.15, 0.2) is 98.6 Å². The number of allylic oxidation sites excluding steroid dienone is 2. The van der Waals surface area contributed by atoms with Crippen LogP contribution in [0.2, 0.25) is 0 Å². The molecule has 0 nitrogen and oxygen atoms in total. The highest BCUT2D eigenvalue weighted by Crippen LogP contribution is 1.97. The molecule has 0 saturated carbocycles. The molecule has 0 amide bonds. The second-order valence-electron chi connectivity index (χ2n) is 3.24. The van der Waals surface area contributed by atoms with Crippen molar-refractivity contribution in [1.82, 2.24) is 0 Å². The van der Waals surface area contributed by atoms with E-state index in [-0.39, 0.29) is 0 Å². The predicted molar refractivity (Wildman–Crippen MR) is 83.4 cm³/mol. The molecule has 2 aromatic rings. The smallest absolute Gasteiger partial charge is 0.0263 e. The lowest BCUT2D eigenvalue weighted by Gasteiger charge is -1.85.